The van der Waals surface area contributed by atoms with Crippen molar-refractivity contribution in [3.8, 4) is 5.75 Å². The minimum atomic E-state index is -3.72. The molecule has 0 unspecified atom stereocenters. The van der Waals surface area contributed by atoms with Crippen LogP contribution in [0, 0.1) is 6.92 Å². The Morgan fingerprint density at radius 1 is 1.45 bits per heavy atom. The van der Waals surface area contributed by atoms with Gasteiger partial charge in [-0.25, -0.2) is 8.42 Å². The van der Waals surface area contributed by atoms with Crippen molar-refractivity contribution in [1.82, 2.24) is 9.62 Å². The Balaban J connectivity index is 2.39. The molecule has 1 heterocycles. The Kier molecular flexibility index (Phi) is 5.08. The Morgan fingerprint density at radius 2 is 2.18 bits per heavy atom. The number of aryl methyl sites for hydroxylation is 1. The van der Waals surface area contributed by atoms with Gasteiger partial charge in [-0.1, -0.05) is 6.07 Å². The zero-order valence-corrected chi connectivity index (χ0v) is 13.9. The van der Waals surface area contributed by atoms with E-state index in [1.54, 1.807) is 19.1 Å². The van der Waals surface area contributed by atoms with E-state index in [1.807, 2.05) is 6.92 Å². The lowest BCUT2D eigenvalue weighted by molar-refractivity contribution is -0.124. The molecule has 1 aromatic carbocycles. The number of amides is 1. The van der Waals surface area contributed by atoms with Crippen LogP contribution < -0.4 is 10.1 Å². The first-order valence-corrected chi connectivity index (χ1v) is 8.80. The summed E-state index contributed by atoms with van der Waals surface area (Å²) in [5, 5.41) is 2.71. The SMILES string of the molecule is CCNC(=O)[C@@H]1CCCN1S(=O)(=O)c1cc(OC)ccc1C. The topological polar surface area (TPSA) is 75.7 Å². The van der Waals surface area contributed by atoms with Crippen LogP contribution in [-0.4, -0.2) is 44.9 Å². The standard InChI is InChI=1S/C15H22N2O4S/c1-4-16-15(18)13-6-5-9-17(13)22(19,20)14-10-12(21-3)8-7-11(14)2/h7-8,10,13H,4-6,9H2,1-3H3,(H,16,18)/t13-/m0/s1. The number of carbonyl (C=O) groups excluding carboxylic acids is 1. The van der Waals surface area contributed by atoms with Gasteiger partial charge in [-0.3, -0.25) is 4.79 Å². The maximum absolute atomic E-state index is 12.9. The van der Waals surface area contributed by atoms with Crippen LogP contribution in [0.2, 0.25) is 0 Å². The first kappa shape index (κ1) is 16.8. The highest BCUT2D eigenvalue weighted by Gasteiger charge is 2.39. The Labute approximate surface area is 131 Å². The molecule has 0 aromatic heterocycles. The molecule has 7 heteroatoms. The van der Waals surface area contributed by atoms with Crippen molar-refractivity contribution in [2.75, 3.05) is 20.2 Å². The van der Waals surface area contributed by atoms with Gasteiger partial charge in [0.15, 0.2) is 0 Å². The quantitative estimate of drug-likeness (QED) is 0.885. The molecule has 0 saturated carbocycles. The van der Waals surface area contributed by atoms with Gasteiger partial charge < -0.3 is 10.1 Å². The van der Waals surface area contributed by atoms with Gasteiger partial charge >= 0.3 is 0 Å². The Bertz CT molecular complexity index is 658. The van der Waals surface area contributed by atoms with Crippen molar-refractivity contribution in [1.29, 1.82) is 0 Å². The number of methoxy groups -OCH3 is 1. The largest absolute Gasteiger partial charge is 0.497 e. The molecule has 6 nitrogen and oxygen atoms in total. The molecule has 22 heavy (non-hydrogen) atoms. The van der Waals surface area contributed by atoms with Gasteiger partial charge in [-0.15, -0.1) is 0 Å². The molecular formula is C15H22N2O4S. The van der Waals surface area contributed by atoms with Crippen molar-refractivity contribution in [2.45, 2.75) is 37.6 Å². The fourth-order valence-electron chi connectivity index (χ4n) is 2.69. The number of nitrogens with zero attached hydrogens (tertiary/aromatic N) is 1. The van der Waals surface area contributed by atoms with E-state index >= 15 is 0 Å². The van der Waals surface area contributed by atoms with Crippen LogP contribution in [0.3, 0.4) is 0 Å². The predicted octanol–water partition coefficient (Wildman–Crippen LogP) is 1.29. The van der Waals surface area contributed by atoms with Crippen LogP contribution in [-0.2, 0) is 14.8 Å². The Hall–Kier alpha value is -1.60. The summed E-state index contributed by atoms with van der Waals surface area (Å²) in [6.45, 7) is 4.41. The molecule has 0 radical (unpaired) electrons. The molecule has 1 aliphatic rings. The van der Waals surface area contributed by atoms with Crippen molar-refractivity contribution in [3.63, 3.8) is 0 Å². The van der Waals surface area contributed by atoms with Gasteiger partial charge in [0.1, 0.15) is 11.8 Å². The Morgan fingerprint density at radius 3 is 2.82 bits per heavy atom. The van der Waals surface area contributed by atoms with E-state index < -0.39 is 16.1 Å². The van der Waals surface area contributed by atoms with Crippen LogP contribution in [0.1, 0.15) is 25.3 Å². The van der Waals surface area contributed by atoms with Crippen molar-refractivity contribution in [3.05, 3.63) is 23.8 Å². The number of carbonyl (C=O) groups is 1. The molecule has 1 N–H and O–H groups in total. The van der Waals surface area contributed by atoms with Gasteiger partial charge in [0, 0.05) is 19.2 Å². The second-order valence-electron chi connectivity index (χ2n) is 5.30. The predicted molar refractivity (Wildman–Crippen MR) is 83.3 cm³/mol. The zero-order chi connectivity index (χ0) is 16.3. The third-order valence-corrected chi connectivity index (χ3v) is 5.89. The summed E-state index contributed by atoms with van der Waals surface area (Å²) in [5.41, 5.74) is 0.641. The number of likely N-dealkylation sites (N-methyl/N-ethyl adjacent to an activating group) is 1. The molecule has 122 valence electrons. The maximum Gasteiger partial charge on any atom is 0.244 e. The van der Waals surface area contributed by atoms with Crippen molar-refractivity contribution < 1.29 is 17.9 Å². The number of rotatable bonds is 5. The highest BCUT2D eigenvalue weighted by Crippen LogP contribution is 2.30. The summed E-state index contributed by atoms with van der Waals surface area (Å²) >= 11 is 0. The summed E-state index contributed by atoms with van der Waals surface area (Å²) in [4.78, 5) is 12.3. The number of hydrogen-bond donors (Lipinski definition) is 1. The number of ether oxygens (including phenoxy) is 1. The first-order chi connectivity index (χ1) is 10.4. The molecule has 0 spiro atoms. The fourth-order valence-corrected chi connectivity index (χ4v) is 4.59. The lowest BCUT2D eigenvalue weighted by Crippen LogP contribution is -2.45. The molecule has 1 atom stereocenters. The zero-order valence-electron chi connectivity index (χ0n) is 13.1. The van der Waals surface area contributed by atoms with Crippen molar-refractivity contribution >= 4 is 15.9 Å². The minimum Gasteiger partial charge on any atom is -0.497 e. The van der Waals surface area contributed by atoms with Crippen LogP contribution in [0.25, 0.3) is 0 Å². The average molecular weight is 326 g/mol. The first-order valence-electron chi connectivity index (χ1n) is 7.36. The van der Waals surface area contributed by atoms with Gasteiger partial charge in [0.25, 0.3) is 0 Å². The van der Waals surface area contributed by atoms with Crippen LogP contribution >= 0.6 is 0 Å². The van der Waals surface area contributed by atoms with Gasteiger partial charge in [0.2, 0.25) is 15.9 Å². The monoisotopic (exact) mass is 326 g/mol. The van der Waals surface area contributed by atoms with Gasteiger partial charge in [-0.05, 0) is 38.3 Å². The summed E-state index contributed by atoms with van der Waals surface area (Å²) in [5.74, 6) is 0.252. The maximum atomic E-state index is 12.9. The summed E-state index contributed by atoms with van der Waals surface area (Å²) in [6, 6.07) is 4.32. The van der Waals surface area contributed by atoms with E-state index in [1.165, 1.54) is 17.5 Å². The van der Waals surface area contributed by atoms with Gasteiger partial charge in [0.05, 0.1) is 12.0 Å². The van der Waals surface area contributed by atoms with Crippen molar-refractivity contribution in [2.24, 2.45) is 0 Å². The lowest BCUT2D eigenvalue weighted by Gasteiger charge is -2.24. The van der Waals surface area contributed by atoms with E-state index in [0.29, 0.717) is 37.2 Å². The summed E-state index contributed by atoms with van der Waals surface area (Å²) in [6.07, 6.45) is 1.23. The van der Waals surface area contributed by atoms with E-state index in [2.05, 4.69) is 5.32 Å². The van der Waals surface area contributed by atoms with Crippen LogP contribution in [0.4, 0.5) is 0 Å². The number of sulfonamides is 1. The van der Waals surface area contributed by atoms with E-state index in [4.69, 9.17) is 4.74 Å². The number of hydrogen-bond acceptors (Lipinski definition) is 4. The summed E-state index contributed by atoms with van der Waals surface area (Å²) in [7, 11) is -2.23. The molecule has 1 aliphatic heterocycles. The summed E-state index contributed by atoms with van der Waals surface area (Å²) < 4.78 is 32.3. The molecule has 2 rings (SSSR count). The third-order valence-electron chi connectivity index (χ3n) is 3.84. The van der Waals surface area contributed by atoms with Crippen LogP contribution in [0.5, 0.6) is 5.75 Å². The molecular weight excluding hydrogens is 304 g/mol. The highest BCUT2D eigenvalue weighted by molar-refractivity contribution is 7.89. The third kappa shape index (κ3) is 3.10. The second kappa shape index (κ2) is 6.66. The smallest absolute Gasteiger partial charge is 0.244 e. The average Bonchev–Trinajstić information content (AvgIpc) is 2.98. The van der Waals surface area contributed by atoms with E-state index in [-0.39, 0.29) is 10.8 Å². The van der Waals surface area contributed by atoms with Crippen LogP contribution in [0.15, 0.2) is 23.1 Å². The minimum absolute atomic E-state index is 0.197. The molecule has 0 aliphatic carbocycles. The lowest BCUT2D eigenvalue weighted by atomic mass is 10.2. The highest BCUT2D eigenvalue weighted by atomic mass is 32.2. The number of benzene rings is 1. The molecule has 0 bridgehead atoms. The van der Waals surface area contributed by atoms with E-state index in [0.717, 1.165) is 0 Å². The normalized spacial score (nSPS) is 19.1. The molecule has 1 amide bonds. The van der Waals surface area contributed by atoms with Gasteiger partial charge in [-0.2, -0.15) is 4.31 Å². The fraction of sp³-hybridized carbons (Fsp3) is 0.533. The second-order valence-corrected chi connectivity index (χ2v) is 7.16. The number of nitrogens with one attached hydrogen (secondary N) is 1. The molecule has 1 aromatic rings. The molecule has 1 fully saturated rings. The van der Waals surface area contributed by atoms with E-state index in [9.17, 15) is 13.2 Å². The molecule has 1 saturated heterocycles.